The lowest BCUT2D eigenvalue weighted by Crippen LogP contribution is -2.28. The van der Waals surface area contributed by atoms with Crippen LogP contribution in [0.3, 0.4) is 0 Å². The van der Waals surface area contributed by atoms with Crippen LogP contribution in [0, 0.1) is 10.5 Å². The SMILES string of the molecule is CCc1cc(C)cc(OCCOc2c(I)cc(/C=N\NC(=S)NC)cc2OC)c1. The Labute approximate surface area is 191 Å². The fourth-order valence-corrected chi connectivity index (χ4v) is 3.42. The predicted molar refractivity (Wildman–Crippen MR) is 130 cm³/mol. The van der Waals surface area contributed by atoms with Gasteiger partial charge in [0.25, 0.3) is 0 Å². The van der Waals surface area contributed by atoms with Gasteiger partial charge in [0, 0.05) is 7.05 Å². The lowest BCUT2D eigenvalue weighted by Gasteiger charge is -2.14. The summed E-state index contributed by atoms with van der Waals surface area (Å²) in [6.07, 6.45) is 2.65. The smallest absolute Gasteiger partial charge is 0.186 e. The molecule has 0 saturated carbocycles. The van der Waals surface area contributed by atoms with E-state index in [2.05, 4.69) is 64.4 Å². The summed E-state index contributed by atoms with van der Waals surface area (Å²) in [4.78, 5) is 0. The summed E-state index contributed by atoms with van der Waals surface area (Å²) >= 11 is 7.21. The number of thiocarbonyl (C=S) groups is 1. The van der Waals surface area contributed by atoms with Gasteiger partial charge in [0.2, 0.25) is 0 Å². The summed E-state index contributed by atoms with van der Waals surface area (Å²) < 4.78 is 18.2. The average Bonchev–Trinajstić information content (AvgIpc) is 2.71. The van der Waals surface area contributed by atoms with E-state index in [1.807, 2.05) is 18.2 Å². The van der Waals surface area contributed by atoms with Crippen LogP contribution < -0.4 is 25.0 Å². The second-order valence-corrected chi connectivity index (χ2v) is 7.76. The molecule has 2 aromatic carbocycles. The van der Waals surface area contributed by atoms with Gasteiger partial charge in [-0.3, -0.25) is 5.43 Å². The molecule has 0 unspecified atom stereocenters. The maximum Gasteiger partial charge on any atom is 0.186 e. The van der Waals surface area contributed by atoms with Crippen molar-refractivity contribution in [1.29, 1.82) is 0 Å². The van der Waals surface area contributed by atoms with Crippen LogP contribution in [-0.2, 0) is 6.42 Å². The zero-order valence-corrected chi connectivity index (χ0v) is 20.0. The van der Waals surface area contributed by atoms with E-state index in [1.54, 1.807) is 20.4 Å². The van der Waals surface area contributed by atoms with E-state index < -0.39 is 0 Å². The van der Waals surface area contributed by atoms with Gasteiger partial charge in [0.15, 0.2) is 16.6 Å². The Kier molecular flexibility index (Phi) is 9.46. The summed E-state index contributed by atoms with van der Waals surface area (Å²) in [5, 5.41) is 7.33. The number of nitrogens with one attached hydrogen (secondary N) is 2. The number of rotatable bonds is 9. The number of hydrogen-bond acceptors (Lipinski definition) is 5. The molecule has 0 aromatic heterocycles. The van der Waals surface area contributed by atoms with Gasteiger partial charge in [0.05, 0.1) is 16.9 Å². The molecular formula is C21H26IN3O3S. The predicted octanol–water partition coefficient (Wildman–Crippen LogP) is 4.06. The Balaban J connectivity index is 1.98. The fourth-order valence-electron chi connectivity index (χ4n) is 2.59. The average molecular weight is 527 g/mol. The van der Waals surface area contributed by atoms with E-state index in [9.17, 15) is 0 Å². The molecule has 0 amide bonds. The highest BCUT2D eigenvalue weighted by Crippen LogP contribution is 2.33. The van der Waals surface area contributed by atoms with Crippen molar-refractivity contribution >= 4 is 46.1 Å². The quantitative estimate of drug-likeness (QED) is 0.169. The minimum atomic E-state index is 0.410. The van der Waals surface area contributed by atoms with Crippen LogP contribution in [0.5, 0.6) is 17.2 Å². The zero-order chi connectivity index (χ0) is 21.2. The Morgan fingerprint density at radius 2 is 1.93 bits per heavy atom. The van der Waals surface area contributed by atoms with Crippen molar-refractivity contribution < 1.29 is 14.2 Å². The number of halogens is 1. The number of methoxy groups -OCH3 is 1. The second-order valence-electron chi connectivity index (χ2n) is 6.19. The second kappa shape index (κ2) is 11.8. The lowest BCUT2D eigenvalue weighted by molar-refractivity contribution is 0.210. The number of ether oxygens (including phenoxy) is 3. The molecule has 2 rings (SSSR count). The van der Waals surface area contributed by atoms with E-state index in [0.717, 1.165) is 21.3 Å². The van der Waals surface area contributed by atoms with Crippen LogP contribution in [0.15, 0.2) is 35.4 Å². The molecule has 6 nitrogen and oxygen atoms in total. The third-order valence-electron chi connectivity index (χ3n) is 3.98. The van der Waals surface area contributed by atoms with E-state index >= 15 is 0 Å². The molecule has 2 N–H and O–H groups in total. The molecule has 29 heavy (non-hydrogen) atoms. The van der Waals surface area contributed by atoms with Gasteiger partial charge in [-0.05, 0) is 89.1 Å². The first kappa shape index (κ1) is 23.2. The molecule has 0 radical (unpaired) electrons. The number of nitrogens with zero attached hydrogens (tertiary/aromatic N) is 1. The Bertz CT molecular complexity index is 874. The largest absolute Gasteiger partial charge is 0.493 e. The highest BCUT2D eigenvalue weighted by atomic mass is 127. The molecule has 0 aliphatic rings. The molecule has 156 valence electrons. The van der Waals surface area contributed by atoms with Gasteiger partial charge >= 0.3 is 0 Å². The molecule has 0 aliphatic carbocycles. The Morgan fingerprint density at radius 1 is 1.17 bits per heavy atom. The zero-order valence-electron chi connectivity index (χ0n) is 17.0. The van der Waals surface area contributed by atoms with E-state index in [-0.39, 0.29) is 0 Å². The third-order valence-corrected chi connectivity index (χ3v) is 5.07. The van der Waals surface area contributed by atoms with Crippen molar-refractivity contribution in [3.05, 3.63) is 50.6 Å². The van der Waals surface area contributed by atoms with Crippen LogP contribution in [0.4, 0.5) is 0 Å². The Hall–Kier alpha value is -2.07. The van der Waals surface area contributed by atoms with Crippen LogP contribution in [-0.4, -0.2) is 38.7 Å². The molecule has 8 heteroatoms. The molecule has 0 spiro atoms. The van der Waals surface area contributed by atoms with Crippen LogP contribution in [0.1, 0.15) is 23.6 Å². The molecule has 0 fully saturated rings. The summed E-state index contributed by atoms with van der Waals surface area (Å²) in [5.74, 6) is 2.19. The topological polar surface area (TPSA) is 64.1 Å². The van der Waals surface area contributed by atoms with Crippen LogP contribution in [0.25, 0.3) is 0 Å². The minimum absolute atomic E-state index is 0.410. The fraction of sp³-hybridized carbons (Fsp3) is 0.333. The van der Waals surface area contributed by atoms with E-state index in [1.165, 1.54) is 11.1 Å². The number of aryl methyl sites for hydroxylation is 2. The summed E-state index contributed by atoms with van der Waals surface area (Å²) in [7, 11) is 3.34. The van der Waals surface area contributed by atoms with Crippen molar-refractivity contribution in [2.24, 2.45) is 5.10 Å². The van der Waals surface area contributed by atoms with Crippen molar-refractivity contribution in [3.63, 3.8) is 0 Å². The number of benzene rings is 2. The normalized spacial score (nSPS) is 10.7. The monoisotopic (exact) mass is 527 g/mol. The molecule has 0 heterocycles. The minimum Gasteiger partial charge on any atom is -0.493 e. The number of hydrogen-bond donors (Lipinski definition) is 2. The first-order valence-electron chi connectivity index (χ1n) is 9.21. The van der Waals surface area contributed by atoms with Gasteiger partial charge in [-0.1, -0.05) is 13.0 Å². The van der Waals surface area contributed by atoms with Gasteiger partial charge < -0.3 is 19.5 Å². The van der Waals surface area contributed by atoms with Gasteiger partial charge in [-0.15, -0.1) is 0 Å². The van der Waals surface area contributed by atoms with Gasteiger partial charge in [-0.2, -0.15) is 5.10 Å². The highest BCUT2D eigenvalue weighted by Gasteiger charge is 2.11. The number of hydrazone groups is 1. The van der Waals surface area contributed by atoms with Gasteiger partial charge in [0.1, 0.15) is 19.0 Å². The van der Waals surface area contributed by atoms with Crippen molar-refractivity contribution in [1.82, 2.24) is 10.7 Å². The molecule has 0 saturated heterocycles. The highest BCUT2D eigenvalue weighted by molar-refractivity contribution is 14.1. The van der Waals surface area contributed by atoms with Crippen LogP contribution in [0.2, 0.25) is 0 Å². The van der Waals surface area contributed by atoms with E-state index in [4.69, 9.17) is 26.4 Å². The van der Waals surface area contributed by atoms with E-state index in [0.29, 0.717) is 29.8 Å². The van der Waals surface area contributed by atoms with Gasteiger partial charge in [-0.25, -0.2) is 0 Å². The van der Waals surface area contributed by atoms with Crippen molar-refractivity contribution in [2.45, 2.75) is 20.3 Å². The Morgan fingerprint density at radius 3 is 2.62 bits per heavy atom. The maximum absolute atomic E-state index is 5.93. The lowest BCUT2D eigenvalue weighted by atomic mass is 10.1. The molecule has 0 aliphatic heterocycles. The molecule has 0 bridgehead atoms. The molecule has 0 atom stereocenters. The van der Waals surface area contributed by atoms with Crippen LogP contribution >= 0.6 is 34.8 Å². The molecular weight excluding hydrogens is 501 g/mol. The summed E-state index contributed by atoms with van der Waals surface area (Å²) in [5.41, 5.74) is 6.05. The summed E-state index contributed by atoms with van der Waals surface area (Å²) in [6.45, 7) is 5.06. The molecule has 2 aromatic rings. The maximum atomic E-state index is 5.93. The first-order chi connectivity index (χ1) is 14.0. The first-order valence-corrected chi connectivity index (χ1v) is 10.7. The summed E-state index contributed by atoms with van der Waals surface area (Å²) in [6, 6.07) is 10.1. The third kappa shape index (κ3) is 7.36. The van der Waals surface area contributed by atoms with Crippen molar-refractivity contribution in [2.75, 3.05) is 27.4 Å². The van der Waals surface area contributed by atoms with Crippen molar-refractivity contribution in [3.8, 4) is 17.2 Å². The standard InChI is InChI=1S/C21H26IN3O3S/c1-5-15-8-14(2)9-17(10-15)27-6-7-28-20-18(22)11-16(12-19(20)26-4)13-24-25-21(29)23-3/h8-13H,5-7H2,1-4H3,(H2,23,25,29)/b24-13-.